The molecule has 0 spiro atoms. The number of carbonyl (C=O) groups excluding carboxylic acids is 1. The van der Waals surface area contributed by atoms with E-state index in [1.165, 1.54) is 0 Å². The summed E-state index contributed by atoms with van der Waals surface area (Å²) in [5.74, 6) is 0.400. The van der Waals surface area contributed by atoms with Crippen molar-refractivity contribution in [3.05, 3.63) is 10.4 Å². The van der Waals surface area contributed by atoms with Gasteiger partial charge in [0.25, 0.3) is 0 Å². The summed E-state index contributed by atoms with van der Waals surface area (Å²) < 4.78 is 0. The lowest BCUT2D eigenvalue weighted by Gasteiger charge is -2.10. The predicted octanol–water partition coefficient (Wildman–Crippen LogP) is 2.87. The topological polar surface area (TPSA) is 65.8 Å². The number of hydrogen-bond acceptors (Lipinski definition) is 2. The molecule has 0 saturated carbocycles. The van der Waals surface area contributed by atoms with Crippen LogP contribution in [0.15, 0.2) is 5.11 Å². The van der Waals surface area contributed by atoms with Crippen LogP contribution < -0.4 is 0 Å². The molecule has 5 heteroatoms. The monoisotopic (exact) mass is 189 g/mol. The summed E-state index contributed by atoms with van der Waals surface area (Å²) in [5, 5.41) is 3.03. The summed E-state index contributed by atoms with van der Waals surface area (Å²) >= 11 is 5.17. The van der Waals surface area contributed by atoms with Crippen LogP contribution in [-0.2, 0) is 4.79 Å². The lowest BCUT2D eigenvalue weighted by atomic mass is 10.0. The van der Waals surface area contributed by atoms with E-state index in [1.54, 1.807) is 0 Å². The minimum atomic E-state index is -0.451. The predicted molar refractivity (Wildman–Crippen MR) is 47.9 cm³/mol. The first-order valence-electron chi connectivity index (χ1n) is 3.78. The lowest BCUT2D eigenvalue weighted by Crippen LogP contribution is -2.10. The molecule has 0 aromatic rings. The van der Waals surface area contributed by atoms with Gasteiger partial charge in [-0.3, -0.25) is 4.79 Å². The minimum absolute atomic E-state index is 0.129. The van der Waals surface area contributed by atoms with Gasteiger partial charge in [0.05, 0.1) is 0 Å². The molecule has 0 radical (unpaired) electrons. The summed E-state index contributed by atoms with van der Waals surface area (Å²) in [4.78, 5) is 13.1. The molecule has 0 aromatic carbocycles. The van der Waals surface area contributed by atoms with E-state index >= 15 is 0 Å². The number of hydrogen-bond donors (Lipinski definition) is 0. The molecule has 0 bridgehead atoms. The quantitative estimate of drug-likeness (QED) is 0.284. The molecule has 0 N–H and O–H groups in total. The molecule has 0 fully saturated rings. The van der Waals surface area contributed by atoms with Crippen LogP contribution in [-0.4, -0.2) is 11.3 Å². The molecule has 0 heterocycles. The van der Waals surface area contributed by atoms with Crippen molar-refractivity contribution in [1.29, 1.82) is 0 Å². The molecule has 0 saturated heterocycles. The fourth-order valence-corrected chi connectivity index (χ4v) is 1.15. The van der Waals surface area contributed by atoms with Gasteiger partial charge in [-0.25, -0.2) is 0 Å². The van der Waals surface area contributed by atoms with E-state index in [0.717, 1.165) is 0 Å². The molecular formula is C7H12ClN3O. The van der Waals surface area contributed by atoms with Crippen molar-refractivity contribution in [2.75, 3.05) is 0 Å². The molecule has 4 nitrogen and oxygen atoms in total. The fourth-order valence-electron chi connectivity index (χ4n) is 0.974. The third-order valence-corrected chi connectivity index (χ3v) is 1.51. The molecule has 0 aliphatic carbocycles. The average Bonchev–Trinajstić information content (AvgIpc) is 1.84. The molecule has 0 unspecified atom stereocenters. The molecule has 12 heavy (non-hydrogen) atoms. The normalized spacial score (nSPS) is 12.3. The van der Waals surface area contributed by atoms with Crippen LogP contribution in [0.25, 0.3) is 10.4 Å². The zero-order valence-corrected chi connectivity index (χ0v) is 7.95. The van der Waals surface area contributed by atoms with Crippen molar-refractivity contribution in [1.82, 2.24) is 0 Å². The summed E-state index contributed by atoms with van der Waals surface area (Å²) in [6.07, 6.45) is 0.826. The van der Waals surface area contributed by atoms with Gasteiger partial charge in [-0.05, 0) is 29.5 Å². The summed E-state index contributed by atoms with van der Waals surface area (Å²) in [6.45, 7) is 4.00. The number of carbonyl (C=O) groups is 1. The highest BCUT2D eigenvalue weighted by Gasteiger charge is 2.11. The third-order valence-electron chi connectivity index (χ3n) is 1.35. The molecule has 0 aromatic heterocycles. The largest absolute Gasteiger partial charge is 0.281 e. The number of halogens is 1. The Hall–Kier alpha value is -0.730. The average molecular weight is 190 g/mol. The van der Waals surface area contributed by atoms with E-state index in [4.69, 9.17) is 17.1 Å². The smallest absolute Gasteiger partial charge is 0.222 e. The molecule has 0 amide bonds. The van der Waals surface area contributed by atoms with Crippen molar-refractivity contribution in [3.8, 4) is 0 Å². The van der Waals surface area contributed by atoms with Gasteiger partial charge in [0.1, 0.15) is 0 Å². The van der Waals surface area contributed by atoms with Crippen molar-refractivity contribution in [3.63, 3.8) is 0 Å². The highest BCUT2D eigenvalue weighted by molar-refractivity contribution is 6.63. The molecule has 0 rings (SSSR count). The Bertz CT molecular complexity index is 199. The Morgan fingerprint density at radius 2 is 2.25 bits per heavy atom. The molecule has 0 aliphatic rings. The van der Waals surface area contributed by atoms with Crippen LogP contribution in [0, 0.1) is 5.92 Å². The van der Waals surface area contributed by atoms with E-state index in [-0.39, 0.29) is 12.5 Å². The van der Waals surface area contributed by atoms with Crippen molar-refractivity contribution < 1.29 is 4.79 Å². The van der Waals surface area contributed by atoms with Crippen LogP contribution in [0.4, 0.5) is 0 Å². The van der Waals surface area contributed by atoms with Gasteiger partial charge in [0.2, 0.25) is 5.24 Å². The zero-order valence-electron chi connectivity index (χ0n) is 7.20. The summed E-state index contributed by atoms with van der Waals surface area (Å²) in [6, 6.07) is -0.292. The Labute approximate surface area is 76.5 Å². The first kappa shape index (κ1) is 11.3. The van der Waals surface area contributed by atoms with E-state index in [0.29, 0.717) is 12.3 Å². The molecular weight excluding hydrogens is 178 g/mol. The second kappa shape index (κ2) is 5.86. The van der Waals surface area contributed by atoms with Crippen LogP contribution >= 0.6 is 11.6 Å². The first-order valence-corrected chi connectivity index (χ1v) is 4.16. The molecule has 0 aliphatic heterocycles. The summed E-state index contributed by atoms with van der Waals surface area (Å²) in [5.41, 5.74) is 8.17. The SMILES string of the molecule is CC(C)C[C@H](CC(=O)Cl)N=[N+]=[N-]. The van der Waals surface area contributed by atoms with Crippen LogP contribution in [0.3, 0.4) is 0 Å². The van der Waals surface area contributed by atoms with Crippen LogP contribution in [0.2, 0.25) is 0 Å². The zero-order chi connectivity index (χ0) is 9.56. The third kappa shape index (κ3) is 6.01. The van der Waals surface area contributed by atoms with E-state index < -0.39 is 5.24 Å². The second-order valence-electron chi connectivity index (χ2n) is 3.05. The van der Waals surface area contributed by atoms with Crippen molar-refractivity contribution in [2.24, 2.45) is 11.0 Å². The Morgan fingerprint density at radius 1 is 1.67 bits per heavy atom. The standard InChI is InChI=1S/C7H12ClN3O/c1-5(2)3-6(10-11-9)4-7(8)12/h5-6H,3-4H2,1-2H3/t6-/m1/s1. The van der Waals surface area contributed by atoms with Crippen LogP contribution in [0.1, 0.15) is 26.7 Å². The maximum atomic E-state index is 10.5. The van der Waals surface area contributed by atoms with E-state index in [9.17, 15) is 4.79 Å². The number of azide groups is 1. The van der Waals surface area contributed by atoms with Gasteiger partial charge in [0, 0.05) is 17.4 Å². The molecule has 1 atom stereocenters. The highest BCUT2D eigenvalue weighted by Crippen LogP contribution is 2.13. The minimum Gasteiger partial charge on any atom is -0.281 e. The van der Waals surface area contributed by atoms with Gasteiger partial charge in [-0.1, -0.05) is 19.0 Å². The van der Waals surface area contributed by atoms with E-state index in [2.05, 4.69) is 10.0 Å². The van der Waals surface area contributed by atoms with Gasteiger partial charge < -0.3 is 0 Å². The first-order chi connectivity index (χ1) is 5.56. The Morgan fingerprint density at radius 3 is 2.58 bits per heavy atom. The van der Waals surface area contributed by atoms with Gasteiger partial charge >= 0.3 is 0 Å². The maximum absolute atomic E-state index is 10.5. The second-order valence-corrected chi connectivity index (χ2v) is 3.47. The van der Waals surface area contributed by atoms with Gasteiger partial charge in [-0.2, -0.15) is 0 Å². The van der Waals surface area contributed by atoms with Gasteiger partial charge in [0.15, 0.2) is 0 Å². The fraction of sp³-hybridized carbons (Fsp3) is 0.857. The Kier molecular flexibility index (Phi) is 5.51. The Balaban J connectivity index is 4.03. The van der Waals surface area contributed by atoms with Crippen LogP contribution in [0.5, 0.6) is 0 Å². The molecule has 68 valence electrons. The van der Waals surface area contributed by atoms with E-state index in [1.807, 2.05) is 13.8 Å². The number of nitrogens with zero attached hydrogens (tertiary/aromatic N) is 3. The maximum Gasteiger partial charge on any atom is 0.222 e. The van der Waals surface area contributed by atoms with Gasteiger partial charge in [-0.15, -0.1) is 0 Å². The lowest BCUT2D eigenvalue weighted by molar-refractivity contribution is -0.112. The number of rotatable bonds is 5. The summed E-state index contributed by atoms with van der Waals surface area (Å²) in [7, 11) is 0. The van der Waals surface area contributed by atoms with Crippen molar-refractivity contribution >= 4 is 16.8 Å². The highest BCUT2D eigenvalue weighted by atomic mass is 35.5. The van der Waals surface area contributed by atoms with Crippen molar-refractivity contribution in [2.45, 2.75) is 32.7 Å².